The third kappa shape index (κ3) is 3.46. The summed E-state index contributed by atoms with van der Waals surface area (Å²) in [7, 11) is 0. The Morgan fingerprint density at radius 2 is 1.79 bits per heavy atom. The van der Waals surface area contributed by atoms with E-state index in [1.165, 1.54) is 5.38 Å². The summed E-state index contributed by atoms with van der Waals surface area (Å²) in [5.74, 6) is -3.55. The SMILES string of the molecule is CC(C)(C)c1csc(NC(=O)C(F)(F)F)c1C(=O)O. The van der Waals surface area contributed by atoms with E-state index in [4.69, 9.17) is 5.11 Å². The molecule has 4 nitrogen and oxygen atoms in total. The topological polar surface area (TPSA) is 66.4 Å². The molecule has 1 heterocycles. The van der Waals surface area contributed by atoms with Gasteiger partial charge in [-0.3, -0.25) is 4.79 Å². The van der Waals surface area contributed by atoms with E-state index in [0.717, 1.165) is 11.3 Å². The molecule has 0 aliphatic carbocycles. The third-order valence-corrected chi connectivity index (χ3v) is 3.19. The van der Waals surface area contributed by atoms with Crippen LogP contribution in [-0.2, 0) is 10.2 Å². The molecule has 1 amide bonds. The number of carboxylic acids is 1. The highest BCUT2D eigenvalue weighted by atomic mass is 32.1. The van der Waals surface area contributed by atoms with Crippen LogP contribution in [0.5, 0.6) is 0 Å². The Kier molecular flexibility index (Phi) is 3.94. The van der Waals surface area contributed by atoms with Crippen LogP contribution in [-0.4, -0.2) is 23.2 Å². The van der Waals surface area contributed by atoms with Gasteiger partial charge in [0.15, 0.2) is 0 Å². The molecule has 2 N–H and O–H groups in total. The highest BCUT2D eigenvalue weighted by molar-refractivity contribution is 7.15. The van der Waals surface area contributed by atoms with Crippen LogP contribution < -0.4 is 5.32 Å². The minimum atomic E-state index is -5.05. The number of carboxylic acid groups (broad SMARTS) is 1. The number of halogens is 3. The van der Waals surface area contributed by atoms with Gasteiger partial charge < -0.3 is 10.4 Å². The first-order valence-corrected chi connectivity index (χ1v) is 6.06. The van der Waals surface area contributed by atoms with Crippen molar-refractivity contribution in [1.82, 2.24) is 0 Å². The summed E-state index contributed by atoms with van der Waals surface area (Å²) in [5, 5.41) is 11.8. The zero-order chi connectivity index (χ0) is 15.0. The number of hydrogen-bond donors (Lipinski definition) is 2. The average Bonchev–Trinajstić information content (AvgIpc) is 2.59. The number of hydrogen-bond acceptors (Lipinski definition) is 3. The fourth-order valence-corrected chi connectivity index (χ4v) is 2.56. The molecule has 0 aliphatic rings. The molecule has 19 heavy (non-hydrogen) atoms. The van der Waals surface area contributed by atoms with E-state index < -0.39 is 23.5 Å². The second-order valence-electron chi connectivity index (χ2n) is 4.86. The van der Waals surface area contributed by atoms with Crippen LogP contribution in [0.2, 0.25) is 0 Å². The molecular formula is C11H12F3NO3S. The number of carbonyl (C=O) groups is 2. The Labute approximate surface area is 111 Å². The van der Waals surface area contributed by atoms with Crippen LogP contribution in [0.3, 0.4) is 0 Å². The van der Waals surface area contributed by atoms with E-state index >= 15 is 0 Å². The smallest absolute Gasteiger partial charge is 0.471 e. The van der Waals surface area contributed by atoms with E-state index in [1.54, 1.807) is 26.1 Å². The van der Waals surface area contributed by atoms with E-state index in [2.05, 4.69) is 0 Å². The second kappa shape index (κ2) is 4.84. The van der Waals surface area contributed by atoms with Gasteiger partial charge in [-0.1, -0.05) is 20.8 Å². The van der Waals surface area contributed by atoms with Crippen molar-refractivity contribution in [3.8, 4) is 0 Å². The average molecular weight is 295 g/mol. The minimum absolute atomic E-state index is 0.296. The lowest BCUT2D eigenvalue weighted by molar-refractivity contribution is -0.167. The summed E-state index contributed by atoms with van der Waals surface area (Å²) in [5.41, 5.74) is -0.469. The van der Waals surface area contributed by atoms with Crippen molar-refractivity contribution in [2.45, 2.75) is 32.4 Å². The summed E-state index contributed by atoms with van der Waals surface area (Å²) in [6, 6.07) is 0. The van der Waals surface area contributed by atoms with E-state index in [1.807, 2.05) is 0 Å². The van der Waals surface area contributed by atoms with Gasteiger partial charge in [0.1, 0.15) is 5.00 Å². The Morgan fingerprint density at radius 3 is 2.16 bits per heavy atom. The Hall–Kier alpha value is -1.57. The summed E-state index contributed by atoms with van der Waals surface area (Å²) in [6.07, 6.45) is -5.05. The number of carbonyl (C=O) groups excluding carboxylic acids is 1. The van der Waals surface area contributed by atoms with Crippen molar-refractivity contribution < 1.29 is 27.9 Å². The molecule has 1 aromatic heterocycles. The van der Waals surface area contributed by atoms with Gasteiger partial charge in [-0.05, 0) is 16.4 Å². The van der Waals surface area contributed by atoms with E-state index in [9.17, 15) is 22.8 Å². The summed E-state index contributed by atoms with van der Waals surface area (Å²) in [6.45, 7) is 5.20. The first-order valence-electron chi connectivity index (χ1n) is 5.18. The van der Waals surface area contributed by atoms with Crippen molar-refractivity contribution >= 4 is 28.2 Å². The van der Waals surface area contributed by atoms with Crippen LogP contribution in [0.1, 0.15) is 36.7 Å². The predicted octanol–water partition coefficient (Wildman–Crippen LogP) is 3.24. The fourth-order valence-electron chi connectivity index (χ4n) is 1.39. The minimum Gasteiger partial charge on any atom is -0.478 e. The summed E-state index contributed by atoms with van der Waals surface area (Å²) in [4.78, 5) is 22.0. The molecule has 0 spiro atoms. The molecule has 1 rings (SSSR count). The molecule has 1 aromatic rings. The van der Waals surface area contributed by atoms with Gasteiger partial charge in [0.05, 0.1) is 5.56 Å². The highest BCUT2D eigenvalue weighted by Crippen LogP contribution is 2.36. The first kappa shape index (κ1) is 15.5. The Balaban J connectivity index is 3.21. The van der Waals surface area contributed by atoms with Gasteiger partial charge in [0, 0.05) is 0 Å². The lowest BCUT2D eigenvalue weighted by Crippen LogP contribution is -2.30. The van der Waals surface area contributed by atoms with Crippen LogP contribution in [0.25, 0.3) is 0 Å². The molecular weight excluding hydrogens is 283 g/mol. The molecule has 0 saturated heterocycles. The number of rotatable bonds is 2. The maximum absolute atomic E-state index is 12.2. The monoisotopic (exact) mass is 295 g/mol. The van der Waals surface area contributed by atoms with Gasteiger partial charge in [0.2, 0.25) is 0 Å². The van der Waals surface area contributed by atoms with Crippen LogP contribution in [0, 0.1) is 0 Å². The lowest BCUT2D eigenvalue weighted by Gasteiger charge is -2.18. The lowest BCUT2D eigenvalue weighted by atomic mass is 9.86. The Bertz CT molecular complexity index is 514. The zero-order valence-corrected chi connectivity index (χ0v) is 11.2. The second-order valence-corrected chi connectivity index (χ2v) is 5.74. The summed E-state index contributed by atoms with van der Waals surface area (Å²) < 4.78 is 36.5. The largest absolute Gasteiger partial charge is 0.478 e. The van der Waals surface area contributed by atoms with Gasteiger partial charge in [-0.25, -0.2) is 4.79 Å². The Morgan fingerprint density at radius 1 is 1.26 bits per heavy atom. The number of alkyl halides is 3. The standard InChI is InChI=1S/C11H12F3NO3S/c1-10(2,3)5-4-19-7(6(5)8(16)17)15-9(18)11(12,13)14/h4H,1-3H3,(H,15,18)(H,16,17). The normalized spacial score (nSPS) is 12.3. The van der Waals surface area contributed by atoms with Gasteiger partial charge in [-0.15, -0.1) is 11.3 Å². The maximum Gasteiger partial charge on any atom is 0.471 e. The van der Waals surface area contributed by atoms with Gasteiger partial charge in [-0.2, -0.15) is 13.2 Å². The van der Waals surface area contributed by atoms with Crippen molar-refractivity contribution in [3.63, 3.8) is 0 Å². The molecule has 8 heteroatoms. The zero-order valence-electron chi connectivity index (χ0n) is 10.4. The molecule has 0 radical (unpaired) electrons. The van der Waals surface area contributed by atoms with Crippen LogP contribution in [0.4, 0.5) is 18.2 Å². The molecule has 0 bridgehead atoms. The van der Waals surface area contributed by atoms with Gasteiger partial charge >= 0.3 is 18.1 Å². The number of anilines is 1. The molecule has 0 atom stereocenters. The first-order chi connectivity index (χ1) is 8.44. The number of thiophene rings is 1. The fraction of sp³-hybridized carbons (Fsp3) is 0.455. The van der Waals surface area contributed by atoms with Crippen molar-refractivity contribution in [3.05, 3.63) is 16.5 Å². The van der Waals surface area contributed by atoms with Crippen molar-refractivity contribution in [2.24, 2.45) is 0 Å². The molecule has 0 saturated carbocycles. The van der Waals surface area contributed by atoms with Crippen LogP contribution in [0.15, 0.2) is 5.38 Å². The maximum atomic E-state index is 12.2. The number of aromatic carboxylic acids is 1. The quantitative estimate of drug-likeness (QED) is 0.880. The highest BCUT2D eigenvalue weighted by Gasteiger charge is 2.40. The van der Waals surface area contributed by atoms with E-state index in [0.29, 0.717) is 5.56 Å². The van der Waals surface area contributed by atoms with Crippen molar-refractivity contribution in [2.75, 3.05) is 5.32 Å². The molecule has 0 unspecified atom stereocenters. The molecule has 0 aromatic carbocycles. The molecule has 106 valence electrons. The van der Waals surface area contributed by atoms with Crippen molar-refractivity contribution in [1.29, 1.82) is 0 Å². The number of amides is 1. The number of nitrogens with one attached hydrogen (secondary N) is 1. The third-order valence-electron chi connectivity index (χ3n) is 2.30. The predicted molar refractivity (Wildman–Crippen MR) is 64.7 cm³/mol. The molecule has 0 aliphatic heterocycles. The van der Waals surface area contributed by atoms with Gasteiger partial charge in [0.25, 0.3) is 0 Å². The van der Waals surface area contributed by atoms with Crippen LogP contribution >= 0.6 is 11.3 Å². The molecule has 0 fully saturated rings. The van der Waals surface area contributed by atoms with E-state index in [-0.39, 0.29) is 10.6 Å². The summed E-state index contributed by atoms with van der Waals surface area (Å²) >= 11 is 0.763.